The molecule has 1 heterocycles. The van der Waals surface area contributed by atoms with Gasteiger partial charge in [-0.2, -0.15) is 0 Å². The molecule has 21 heavy (non-hydrogen) atoms. The van der Waals surface area contributed by atoms with Crippen LogP contribution in [0, 0.1) is 6.92 Å². The lowest BCUT2D eigenvalue weighted by atomic mass is 10.2. The van der Waals surface area contributed by atoms with Crippen molar-refractivity contribution in [3.63, 3.8) is 0 Å². The summed E-state index contributed by atoms with van der Waals surface area (Å²) in [5.74, 6) is -0.289. The van der Waals surface area contributed by atoms with E-state index in [-0.39, 0.29) is 24.5 Å². The van der Waals surface area contributed by atoms with Gasteiger partial charge in [0, 0.05) is 25.8 Å². The highest BCUT2D eigenvalue weighted by Gasteiger charge is 2.22. The molecule has 1 atom stereocenters. The topological polar surface area (TPSA) is 58.6 Å². The maximum absolute atomic E-state index is 12.1. The van der Waals surface area contributed by atoms with Gasteiger partial charge in [-0.1, -0.05) is 18.2 Å². The third-order valence-electron chi connectivity index (χ3n) is 3.65. The quantitative estimate of drug-likeness (QED) is 0.902. The Labute approximate surface area is 125 Å². The van der Waals surface area contributed by atoms with Gasteiger partial charge in [-0.3, -0.25) is 9.59 Å². The van der Waals surface area contributed by atoms with Gasteiger partial charge in [-0.05, 0) is 31.4 Å². The van der Waals surface area contributed by atoms with Crippen molar-refractivity contribution in [1.29, 1.82) is 0 Å². The predicted octanol–water partition coefficient (Wildman–Crippen LogP) is 1.96. The number of para-hydroxylation sites is 1. The molecular weight excluding hydrogens is 268 g/mol. The van der Waals surface area contributed by atoms with E-state index in [0.717, 1.165) is 30.7 Å². The van der Waals surface area contributed by atoms with Crippen LogP contribution in [0.15, 0.2) is 24.3 Å². The van der Waals surface area contributed by atoms with Gasteiger partial charge in [0.2, 0.25) is 11.8 Å². The second-order valence-electron chi connectivity index (χ2n) is 5.40. The molecule has 114 valence electrons. The van der Waals surface area contributed by atoms with E-state index < -0.39 is 0 Å². The van der Waals surface area contributed by atoms with Gasteiger partial charge in [0.15, 0.2) is 0 Å². The molecule has 0 aromatic heterocycles. The number of hydrogen-bond acceptors (Lipinski definition) is 3. The molecule has 0 radical (unpaired) electrons. The Morgan fingerprint density at radius 2 is 2.14 bits per heavy atom. The van der Waals surface area contributed by atoms with E-state index >= 15 is 0 Å². The van der Waals surface area contributed by atoms with Crippen LogP contribution < -0.4 is 5.32 Å². The van der Waals surface area contributed by atoms with Crippen LogP contribution >= 0.6 is 0 Å². The van der Waals surface area contributed by atoms with E-state index in [9.17, 15) is 9.59 Å². The van der Waals surface area contributed by atoms with E-state index in [1.54, 1.807) is 4.90 Å². The summed E-state index contributed by atoms with van der Waals surface area (Å²) in [7, 11) is 0. The number of carbonyl (C=O) groups excluding carboxylic acids is 2. The van der Waals surface area contributed by atoms with Crippen molar-refractivity contribution in [2.45, 2.75) is 32.8 Å². The number of ether oxygens (including phenoxy) is 1. The number of aryl methyl sites for hydroxylation is 1. The predicted molar refractivity (Wildman–Crippen MR) is 81.0 cm³/mol. The Kier molecular flexibility index (Phi) is 5.33. The van der Waals surface area contributed by atoms with Gasteiger partial charge in [0.05, 0.1) is 12.6 Å². The van der Waals surface area contributed by atoms with Crippen molar-refractivity contribution in [2.24, 2.45) is 0 Å². The Morgan fingerprint density at radius 1 is 1.38 bits per heavy atom. The molecule has 1 aliphatic rings. The summed E-state index contributed by atoms with van der Waals surface area (Å²) in [5, 5.41) is 2.85. The van der Waals surface area contributed by atoms with Crippen LogP contribution in [0.4, 0.5) is 5.69 Å². The first kappa shape index (κ1) is 15.5. The number of nitrogens with zero attached hydrogens (tertiary/aromatic N) is 1. The maximum atomic E-state index is 12.1. The molecule has 1 unspecified atom stereocenters. The van der Waals surface area contributed by atoms with Gasteiger partial charge in [0.1, 0.15) is 0 Å². The molecule has 1 aromatic rings. The Morgan fingerprint density at radius 3 is 2.76 bits per heavy atom. The van der Waals surface area contributed by atoms with Crippen molar-refractivity contribution in [1.82, 2.24) is 4.90 Å². The first-order valence-corrected chi connectivity index (χ1v) is 7.29. The van der Waals surface area contributed by atoms with Crippen LogP contribution in [-0.2, 0) is 14.3 Å². The summed E-state index contributed by atoms with van der Waals surface area (Å²) in [4.78, 5) is 25.3. The molecule has 1 N–H and O–H groups in total. The Hall–Kier alpha value is -1.88. The highest BCUT2D eigenvalue weighted by Crippen LogP contribution is 2.15. The molecule has 1 fully saturated rings. The summed E-state index contributed by atoms with van der Waals surface area (Å²) in [6, 6.07) is 7.58. The molecule has 1 saturated heterocycles. The van der Waals surface area contributed by atoms with Crippen molar-refractivity contribution in [3.8, 4) is 0 Å². The number of carbonyl (C=O) groups is 2. The lowest BCUT2D eigenvalue weighted by molar-refractivity contribution is -0.134. The summed E-state index contributed by atoms with van der Waals surface area (Å²) < 4.78 is 5.53. The second-order valence-corrected chi connectivity index (χ2v) is 5.40. The van der Waals surface area contributed by atoms with E-state index in [1.807, 2.05) is 31.2 Å². The standard InChI is InChI=1S/C16H22N2O3/c1-12-6-3-4-8-15(12)17-16(20)11-18(13(2)19)10-14-7-5-9-21-14/h3-4,6,8,14H,5,7,9-11H2,1-2H3,(H,17,20). The molecule has 2 rings (SSSR count). The number of amides is 2. The highest BCUT2D eigenvalue weighted by atomic mass is 16.5. The van der Waals surface area contributed by atoms with Crippen molar-refractivity contribution in [2.75, 3.05) is 25.0 Å². The summed E-state index contributed by atoms with van der Waals surface area (Å²) in [6.07, 6.45) is 2.02. The van der Waals surface area contributed by atoms with Crippen LogP contribution in [-0.4, -0.2) is 42.5 Å². The fourth-order valence-corrected chi connectivity index (χ4v) is 2.41. The molecule has 0 spiro atoms. The zero-order valence-corrected chi connectivity index (χ0v) is 12.6. The van der Waals surface area contributed by atoms with Crippen LogP contribution in [0.5, 0.6) is 0 Å². The fraction of sp³-hybridized carbons (Fsp3) is 0.500. The van der Waals surface area contributed by atoms with Crippen molar-refractivity contribution < 1.29 is 14.3 Å². The van der Waals surface area contributed by atoms with Crippen LogP contribution in [0.2, 0.25) is 0 Å². The number of rotatable bonds is 5. The minimum atomic E-state index is -0.183. The molecule has 0 aliphatic carbocycles. The molecule has 1 aliphatic heterocycles. The molecule has 2 amide bonds. The normalized spacial score (nSPS) is 17.5. The third kappa shape index (κ3) is 4.56. The molecule has 5 nitrogen and oxygen atoms in total. The van der Waals surface area contributed by atoms with E-state index in [0.29, 0.717) is 6.54 Å². The average molecular weight is 290 g/mol. The van der Waals surface area contributed by atoms with Crippen LogP contribution in [0.3, 0.4) is 0 Å². The average Bonchev–Trinajstić information content (AvgIpc) is 2.93. The summed E-state index contributed by atoms with van der Waals surface area (Å²) in [5.41, 5.74) is 1.78. The number of benzene rings is 1. The van der Waals surface area contributed by atoms with Crippen molar-refractivity contribution >= 4 is 17.5 Å². The first-order valence-electron chi connectivity index (χ1n) is 7.29. The van der Waals surface area contributed by atoms with Gasteiger partial charge in [-0.25, -0.2) is 0 Å². The van der Waals surface area contributed by atoms with Gasteiger partial charge in [-0.15, -0.1) is 0 Å². The second kappa shape index (κ2) is 7.22. The highest BCUT2D eigenvalue weighted by molar-refractivity contribution is 5.94. The largest absolute Gasteiger partial charge is 0.376 e. The molecule has 0 saturated carbocycles. The van der Waals surface area contributed by atoms with E-state index in [2.05, 4.69) is 5.32 Å². The van der Waals surface area contributed by atoms with Gasteiger partial charge in [0.25, 0.3) is 0 Å². The maximum Gasteiger partial charge on any atom is 0.244 e. The molecule has 5 heteroatoms. The first-order chi connectivity index (χ1) is 10.1. The minimum Gasteiger partial charge on any atom is -0.376 e. The van der Waals surface area contributed by atoms with E-state index in [1.165, 1.54) is 6.92 Å². The zero-order chi connectivity index (χ0) is 15.2. The van der Waals surface area contributed by atoms with Crippen molar-refractivity contribution in [3.05, 3.63) is 29.8 Å². The summed E-state index contributed by atoms with van der Waals surface area (Å²) >= 11 is 0. The third-order valence-corrected chi connectivity index (χ3v) is 3.65. The van der Waals surface area contributed by atoms with Crippen LogP contribution in [0.1, 0.15) is 25.3 Å². The van der Waals surface area contributed by atoms with Crippen LogP contribution in [0.25, 0.3) is 0 Å². The minimum absolute atomic E-state index is 0.0557. The Bertz CT molecular complexity index is 510. The fourth-order valence-electron chi connectivity index (χ4n) is 2.41. The lowest BCUT2D eigenvalue weighted by Gasteiger charge is -2.23. The van der Waals surface area contributed by atoms with Gasteiger partial charge >= 0.3 is 0 Å². The number of nitrogens with one attached hydrogen (secondary N) is 1. The monoisotopic (exact) mass is 290 g/mol. The van der Waals surface area contributed by atoms with E-state index in [4.69, 9.17) is 4.74 Å². The Balaban J connectivity index is 1.91. The number of hydrogen-bond donors (Lipinski definition) is 1. The van der Waals surface area contributed by atoms with Gasteiger partial charge < -0.3 is 15.0 Å². The summed E-state index contributed by atoms with van der Waals surface area (Å²) in [6.45, 7) is 4.70. The SMILES string of the molecule is CC(=O)N(CC(=O)Nc1ccccc1C)CC1CCCO1. The zero-order valence-electron chi connectivity index (χ0n) is 12.6. The molecule has 0 bridgehead atoms. The smallest absolute Gasteiger partial charge is 0.244 e. The molecule has 1 aromatic carbocycles. The number of anilines is 1. The molecular formula is C16H22N2O3. The lowest BCUT2D eigenvalue weighted by Crippen LogP contribution is -2.41.